The van der Waals surface area contributed by atoms with Crippen LogP contribution in [0.1, 0.15) is 35.3 Å². The van der Waals surface area contributed by atoms with Gasteiger partial charge in [-0.15, -0.1) is 0 Å². The summed E-state index contributed by atoms with van der Waals surface area (Å²) in [7, 11) is 0. The number of carbonyl (C=O) groups is 1. The van der Waals surface area contributed by atoms with Crippen molar-refractivity contribution < 1.29 is 19.0 Å². The Morgan fingerprint density at radius 2 is 2.30 bits per heavy atom. The van der Waals surface area contributed by atoms with Crippen molar-refractivity contribution in [3.8, 4) is 5.88 Å². The van der Waals surface area contributed by atoms with E-state index in [1.165, 1.54) is 16.8 Å². The molecule has 3 aromatic rings. The quantitative estimate of drug-likeness (QED) is 0.630. The lowest BCUT2D eigenvalue weighted by Gasteiger charge is -2.30. The molecule has 156 valence electrons. The number of hydrogen-bond donors (Lipinski definition) is 2. The molecule has 3 N–H and O–H groups in total. The van der Waals surface area contributed by atoms with Crippen LogP contribution in [0.2, 0.25) is 0 Å². The van der Waals surface area contributed by atoms with E-state index in [1.807, 2.05) is 6.92 Å². The molecule has 1 saturated heterocycles. The Hall–Kier alpha value is -3.27. The first-order valence-corrected chi connectivity index (χ1v) is 9.82. The molecule has 5 rings (SSSR count). The first kappa shape index (κ1) is 18.7. The number of pyridine rings is 1. The zero-order chi connectivity index (χ0) is 21.0. The van der Waals surface area contributed by atoms with Gasteiger partial charge in [0.15, 0.2) is 5.65 Å². The zero-order valence-corrected chi connectivity index (χ0v) is 16.3. The molecule has 2 fully saturated rings. The van der Waals surface area contributed by atoms with Gasteiger partial charge in [-0.1, -0.05) is 0 Å². The monoisotopic (exact) mass is 412 g/mol. The fraction of sp³-hybridized carbons (Fsp3) is 0.400. The fourth-order valence-electron chi connectivity index (χ4n) is 4.26. The number of nitrogens with two attached hydrogens (primary N) is 1. The SMILES string of the molecule is C[C@@H](CN)Oc1ncc(F)cc1[C@H]1[C@@H]2C[C@@H]2CN1c1ccn2ncc(C(=O)O)c2n1. The van der Waals surface area contributed by atoms with Crippen molar-refractivity contribution in [2.75, 3.05) is 18.0 Å². The third-order valence-electron chi connectivity index (χ3n) is 5.84. The fourth-order valence-corrected chi connectivity index (χ4v) is 4.26. The molecule has 2 aliphatic rings. The van der Waals surface area contributed by atoms with Gasteiger partial charge in [0.1, 0.15) is 23.3 Å². The highest BCUT2D eigenvalue weighted by Crippen LogP contribution is 2.58. The van der Waals surface area contributed by atoms with Crippen LogP contribution in [0, 0.1) is 17.7 Å². The lowest BCUT2D eigenvalue weighted by atomic mass is 10.0. The van der Waals surface area contributed by atoms with Crippen LogP contribution in [0.3, 0.4) is 0 Å². The van der Waals surface area contributed by atoms with E-state index in [2.05, 4.69) is 20.0 Å². The summed E-state index contributed by atoms with van der Waals surface area (Å²) >= 11 is 0. The maximum Gasteiger partial charge on any atom is 0.341 e. The second-order valence-corrected chi connectivity index (χ2v) is 7.89. The summed E-state index contributed by atoms with van der Waals surface area (Å²) in [4.78, 5) is 22.3. The number of aromatic carboxylic acids is 1. The van der Waals surface area contributed by atoms with Crippen molar-refractivity contribution in [1.29, 1.82) is 0 Å². The van der Waals surface area contributed by atoms with Gasteiger partial charge >= 0.3 is 5.97 Å². The topological polar surface area (TPSA) is 119 Å². The van der Waals surface area contributed by atoms with Crippen LogP contribution in [-0.4, -0.2) is 49.9 Å². The summed E-state index contributed by atoms with van der Waals surface area (Å²) < 4.78 is 21.5. The van der Waals surface area contributed by atoms with Crippen molar-refractivity contribution in [1.82, 2.24) is 19.6 Å². The highest BCUT2D eigenvalue weighted by atomic mass is 19.1. The van der Waals surface area contributed by atoms with E-state index in [0.717, 1.165) is 19.2 Å². The van der Waals surface area contributed by atoms with Gasteiger partial charge in [0.2, 0.25) is 5.88 Å². The first-order chi connectivity index (χ1) is 14.5. The molecule has 0 radical (unpaired) electrons. The van der Waals surface area contributed by atoms with Crippen molar-refractivity contribution >= 4 is 17.4 Å². The Morgan fingerprint density at radius 3 is 3.07 bits per heavy atom. The molecule has 0 spiro atoms. The van der Waals surface area contributed by atoms with Gasteiger partial charge in [-0.2, -0.15) is 5.10 Å². The predicted molar refractivity (Wildman–Crippen MR) is 105 cm³/mol. The number of halogens is 1. The van der Waals surface area contributed by atoms with Crippen molar-refractivity contribution in [3.63, 3.8) is 0 Å². The van der Waals surface area contributed by atoms with Crippen LogP contribution in [-0.2, 0) is 0 Å². The van der Waals surface area contributed by atoms with E-state index < -0.39 is 11.8 Å². The van der Waals surface area contributed by atoms with E-state index in [0.29, 0.717) is 35.6 Å². The number of nitrogens with zero attached hydrogens (tertiary/aromatic N) is 5. The molecule has 1 saturated carbocycles. The average molecular weight is 412 g/mol. The molecule has 10 heteroatoms. The van der Waals surface area contributed by atoms with Gasteiger partial charge in [0, 0.05) is 24.8 Å². The van der Waals surface area contributed by atoms with Crippen LogP contribution in [0.25, 0.3) is 5.65 Å². The van der Waals surface area contributed by atoms with Gasteiger partial charge in [-0.3, -0.25) is 0 Å². The summed E-state index contributed by atoms with van der Waals surface area (Å²) in [6.07, 6.45) is 4.89. The molecule has 9 nitrogen and oxygen atoms in total. The number of rotatable bonds is 6. The van der Waals surface area contributed by atoms with E-state index in [4.69, 9.17) is 10.5 Å². The number of anilines is 1. The molecule has 30 heavy (non-hydrogen) atoms. The standard InChI is InChI=1S/C20H21FN6O3/c1-10(6-22)30-19-14(5-12(21)7-23-19)17-13-4-11(13)9-26(17)16-2-3-27-18(25-16)15(8-24-27)20(28)29/h2-3,5,7-8,10-11,13,17H,4,6,9,22H2,1H3,(H,28,29)/t10-,11+,13+,17+/m0/s1. The molecular formula is C20H21FN6O3. The normalized spacial score (nSPS) is 23.4. The summed E-state index contributed by atoms with van der Waals surface area (Å²) in [5, 5.41) is 13.4. The van der Waals surface area contributed by atoms with E-state index in [1.54, 1.807) is 12.3 Å². The molecule has 1 aliphatic heterocycles. The Balaban J connectivity index is 1.57. The van der Waals surface area contributed by atoms with E-state index >= 15 is 0 Å². The molecular weight excluding hydrogens is 391 g/mol. The summed E-state index contributed by atoms with van der Waals surface area (Å²) in [6.45, 7) is 2.90. The minimum absolute atomic E-state index is 0.0333. The van der Waals surface area contributed by atoms with Gasteiger partial charge in [-0.25, -0.2) is 23.7 Å². The molecule has 1 aliphatic carbocycles. The molecule has 3 aromatic heterocycles. The second-order valence-electron chi connectivity index (χ2n) is 7.89. The highest BCUT2D eigenvalue weighted by molar-refractivity contribution is 5.94. The van der Waals surface area contributed by atoms with Gasteiger partial charge < -0.3 is 20.5 Å². The summed E-state index contributed by atoms with van der Waals surface area (Å²) in [6, 6.07) is 3.09. The average Bonchev–Trinajstić information content (AvgIpc) is 3.20. The largest absolute Gasteiger partial charge is 0.477 e. The maximum atomic E-state index is 14.1. The van der Waals surface area contributed by atoms with Crippen LogP contribution in [0.5, 0.6) is 5.88 Å². The van der Waals surface area contributed by atoms with E-state index in [9.17, 15) is 14.3 Å². The third-order valence-corrected chi connectivity index (χ3v) is 5.84. The number of ether oxygens (including phenoxy) is 1. The third kappa shape index (κ3) is 3.04. The minimum atomic E-state index is -1.09. The van der Waals surface area contributed by atoms with E-state index in [-0.39, 0.29) is 23.4 Å². The van der Waals surface area contributed by atoms with Crippen molar-refractivity contribution in [2.24, 2.45) is 17.6 Å². The highest BCUT2D eigenvalue weighted by Gasteiger charge is 2.54. The van der Waals surface area contributed by atoms with Gasteiger partial charge in [0.25, 0.3) is 0 Å². The first-order valence-electron chi connectivity index (χ1n) is 9.82. The lowest BCUT2D eigenvalue weighted by Crippen LogP contribution is -2.29. The van der Waals surface area contributed by atoms with Crippen LogP contribution < -0.4 is 15.4 Å². The number of hydrogen-bond acceptors (Lipinski definition) is 7. The number of carboxylic acids is 1. The van der Waals surface area contributed by atoms with Crippen LogP contribution >= 0.6 is 0 Å². The summed E-state index contributed by atoms with van der Waals surface area (Å²) in [5.74, 6) is 0.273. The molecule has 0 bridgehead atoms. The number of carboxylic acid groups (broad SMARTS) is 1. The second kappa shape index (κ2) is 6.91. The van der Waals surface area contributed by atoms with Crippen molar-refractivity contribution in [2.45, 2.75) is 25.5 Å². The summed E-state index contributed by atoms with van der Waals surface area (Å²) in [5.41, 5.74) is 6.65. The Kier molecular flexibility index (Phi) is 4.31. The van der Waals surface area contributed by atoms with Crippen molar-refractivity contribution in [3.05, 3.63) is 47.7 Å². The molecule has 0 amide bonds. The Labute approximate surface area is 171 Å². The number of aromatic nitrogens is 4. The molecule has 0 aromatic carbocycles. The molecule has 4 atom stereocenters. The smallest absolute Gasteiger partial charge is 0.341 e. The Bertz CT molecular complexity index is 1130. The molecule has 4 heterocycles. The number of piperidine rings is 1. The molecule has 0 unspecified atom stereocenters. The van der Waals surface area contributed by atoms with Gasteiger partial charge in [0.05, 0.1) is 18.4 Å². The van der Waals surface area contributed by atoms with Crippen LogP contribution in [0.4, 0.5) is 10.2 Å². The zero-order valence-electron chi connectivity index (χ0n) is 16.3. The lowest BCUT2D eigenvalue weighted by molar-refractivity contribution is 0.0698. The van der Waals surface area contributed by atoms with Crippen LogP contribution in [0.15, 0.2) is 30.7 Å². The maximum absolute atomic E-state index is 14.1. The predicted octanol–water partition coefficient (Wildman–Crippen LogP) is 1.88. The Morgan fingerprint density at radius 1 is 1.47 bits per heavy atom. The minimum Gasteiger partial charge on any atom is -0.477 e. The van der Waals surface area contributed by atoms with Gasteiger partial charge in [-0.05, 0) is 37.3 Å². The number of fused-ring (bicyclic) bond motifs is 2.